The molecule has 0 unspecified atom stereocenters. The summed E-state index contributed by atoms with van der Waals surface area (Å²) >= 11 is 1.39. The maximum Gasteiger partial charge on any atom is 0.341 e. The van der Waals surface area contributed by atoms with Crippen LogP contribution in [0.5, 0.6) is 0 Å². The van der Waals surface area contributed by atoms with Crippen molar-refractivity contribution >= 4 is 39.7 Å². The maximum absolute atomic E-state index is 12.6. The summed E-state index contributed by atoms with van der Waals surface area (Å²) in [4.78, 5) is 41.4. The molecule has 1 N–H and O–H groups in total. The molecule has 1 aliphatic rings. The summed E-state index contributed by atoms with van der Waals surface area (Å²) in [6.45, 7) is 8.73. The zero-order valence-electron chi connectivity index (χ0n) is 17.8. The van der Waals surface area contributed by atoms with Crippen molar-refractivity contribution in [2.75, 3.05) is 50.1 Å². The number of anilines is 2. The van der Waals surface area contributed by atoms with Crippen LogP contribution >= 0.6 is 11.3 Å². The van der Waals surface area contributed by atoms with E-state index in [1.165, 1.54) is 18.4 Å². The van der Waals surface area contributed by atoms with Crippen LogP contribution in [0.2, 0.25) is 0 Å². The Morgan fingerprint density at radius 1 is 1.07 bits per heavy atom. The van der Waals surface area contributed by atoms with Crippen LogP contribution < -0.4 is 10.2 Å². The summed E-state index contributed by atoms with van der Waals surface area (Å²) in [6, 6.07) is 7.63. The summed E-state index contributed by atoms with van der Waals surface area (Å²) < 4.78 is 4.86. The molecule has 1 aromatic carbocycles. The highest BCUT2D eigenvalue weighted by Crippen LogP contribution is 2.33. The van der Waals surface area contributed by atoms with Crippen molar-refractivity contribution in [3.05, 3.63) is 45.8 Å². The number of esters is 1. The van der Waals surface area contributed by atoms with Crippen molar-refractivity contribution in [2.24, 2.45) is 0 Å². The number of amides is 1. The van der Waals surface area contributed by atoms with Crippen LogP contribution in [0, 0.1) is 13.8 Å². The minimum atomic E-state index is -0.434. The summed E-state index contributed by atoms with van der Waals surface area (Å²) in [5, 5.41) is 3.43. The molecule has 3 rings (SSSR count). The average Bonchev–Trinajstić information content (AvgIpc) is 3.01. The normalized spacial score (nSPS) is 14.5. The van der Waals surface area contributed by atoms with Gasteiger partial charge in [0, 0.05) is 42.3 Å². The van der Waals surface area contributed by atoms with Gasteiger partial charge in [-0.2, -0.15) is 0 Å². The number of benzene rings is 1. The highest BCUT2D eigenvalue weighted by molar-refractivity contribution is 7.16. The summed E-state index contributed by atoms with van der Waals surface area (Å²) in [5.41, 5.74) is 3.06. The SMILES string of the molecule is COC(=O)c1c(NC(=O)CN2CCN(c3ccc(C(C)=O)cc3)CC2)sc(C)c1C. The Balaban J connectivity index is 1.55. The van der Waals surface area contributed by atoms with Crippen molar-refractivity contribution in [1.82, 2.24) is 4.90 Å². The fraction of sp³-hybridized carbons (Fsp3) is 0.409. The number of hydrogen-bond donors (Lipinski definition) is 1. The molecular formula is C22H27N3O4S. The fourth-order valence-corrected chi connectivity index (χ4v) is 4.57. The van der Waals surface area contributed by atoms with E-state index in [-0.39, 0.29) is 18.2 Å². The van der Waals surface area contributed by atoms with Gasteiger partial charge >= 0.3 is 5.97 Å². The second-order valence-corrected chi connectivity index (χ2v) is 8.62. The number of Topliss-reactive ketones (excluding diaryl/α,β-unsaturated/α-hetero) is 1. The van der Waals surface area contributed by atoms with Gasteiger partial charge in [-0.25, -0.2) is 4.79 Å². The first-order valence-electron chi connectivity index (χ1n) is 9.86. The van der Waals surface area contributed by atoms with Crippen molar-refractivity contribution in [2.45, 2.75) is 20.8 Å². The minimum Gasteiger partial charge on any atom is -0.465 e. The molecule has 0 aliphatic carbocycles. The number of methoxy groups -OCH3 is 1. The van der Waals surface area contributed by atoms with E-state index in [0.29, 0.717) is 16.1 Å². The molecule has 30 heavy (non-hydrogen) atoms. The van der Waals surface area contributed by atoms with Crippen molar-refractivity contribution in [3.63, 3.8) is 0 Å². The van der Waals surface area contributed by atoms with Crippen LogP contribution in [0.1, 0.15) is 38.1 Å². The van der Waals surface area contributed by atoms with Crippen molar-refractivity contribution in [1.29, 1.82) is 0 Å². The van der Waals surface area contributed by atoms with Gasteiger partial charge in [0.15, 0.2) is 5.78 Å². The van der Waals surface area contributed by atoms with E-state index in [4.69, 9.17) is 4.74 Å². The van der Waals surface area contributed by atoms with Crippen LogP contribution in [-0.2, 0) is 9.53 Å². The average molecular weight is 430 g/mol. The first kappa shape index (κ1) is 22.0. The fourth-order valence-electron chi connectivity index (χ4n) is 3.50. The van der Waals surface area contributed by atoms with Gasteiger partial charge in [0.25, 0.3) is 0 Å². The summed E-state index contributed by atoms with van der Waals surface area (Å²) in [5.74, 6) is -0.513. The van der Waals surface area contributed by atoms with Gasteiger partial charge in [-0.1, -0.05) is 0 Å². The molecule has 2 heterocycles. The number of hydrogen-bond acceptors (Lipinski definition) is 7. The van der Waals surface area contributed by atoms with E-state index in [1.54, 1.807) is 6.92 Å². The van der Waals surface area contributed by atoms with Gasteiger partial charge in [0.1, 0.15) is 5.00 Å². The Morgan fingerprint density at radius 3 is 2.27 bits per heavy atom. The van der Waals surface area contributed by atoms with Gasteiger partial charge in [0.2, 0.25) is 5.91 Å². The first-order valence-corrected chi connectivity index (χ1v) is 10.7. The number of nitrogens with zero attached hydrogens (tertiary/aromatic N) is 2. The molecule has 2 aromatic rings. The van der Waals surface area contributed by atoms with Gasteiger partial charge < -0.3 is 15.0 Å². The number of ketones is 1. The summed E-state index contributed by atoms with van der Waals surface area (Å²) in [6.07, 6.45) is 0. The quantitative estimate of drug-likeness (QED) is 0.562. The molecule has 0 radical (unpaired) electrons. The molecule has 160 valence electrons. The van der Waals surface area contributed by atoms with Crippen LogP contribution in [0.4, 0.5) is 10.7 Å². The molecule has 1 aromatic heterocycles. The third-order valence-electron chi connectivity index (χ3n) is 5.41. The molecule has 1 fully saturated rings. The van der Waals surface area contributed by atoms with Gasteiger partial charge in [-0.15, -0.1) is 11.3 Å². The molecule has 8 heteroatoms. The minimum absolute atomic E-state index is 0.0591. The third-order valence-corrected chi connectivity index (χ3v) is 6.53. The monoisotopic (exact) mass is 429 g/mol. The molecule has 1 saturated heterocycles. The van der Waals surface area contributed by atoms with E-state index in [0.717, 1.165) is 42.3 Å². The number of carbonyl (C=O) groups is 3. The van der Waals surface area contributed by atoms with Gasteiger partial charge in [-0.05, 0) is 50.6 Å². The lowest BCUT2D eigenvalue weighted by atomic mass is 10.1. The molecular weight excluding hydrogens is 402 g/mol. The van der Waals surface area contributed by atoms with E-state index in [9.17, 15) is 14.4 Å². The van der Waals surface area contributed by atoms with Gasteiger partial charge in [0.05, 0.1) is 19.2 Å². The number of rotatable bonds is 6. The van der Waals surface area contributed by atoms with Crippen molar-refractivity contribution < 1.29 is 19.1 Å². The van der Waals surface area contributed by atoms with Gasteiger partial charge in [-0.3, -0.25) is 14.5 Å². The number of ether oxygens (including phenoxy) is 1. The Morgan fingerprint density at radius 2 is 1.70 bits per heavy atom. The molecule has 0 spiro atoms. The number of aryl methyl sites for hydroxylation is 1. The Bertz CT molecular complexity index is 944. The zero-order valence-corrected chi connectivity index (χ0v) is 18.6. The third kappa shape index (κ3) is 4.88. The molecule has 1 aliphatic heterocycles. The van der Waals surface area contributed by atoms with E-state index >= 15 is 0 Å². The van der Waals surface area contributed by atoms with Crippen LogP contribution in [0.25, 0.3) is 0 Å². The Hall–Kier alpha value is -2.71. The second-order valence-electron chi connectivity index (χ2n) is 7.39. The highest BCUT2D eigenvalue weighted by atomic mass is 32.1. The topological polar surface area (TPSA) is 79.0 Å². The Labute approximate surface area is 180 Å². The first-order chi connectivity index (χ1) is 14.3. The van der Waals surface area contributed by atoms with Crippen LogP contribution in [-0.4, -0.2) is 62.4 Å². The van der Waals surface area contributed by atoms with E-state index in [2.05, 4.69) is 15.1 Å². The smallest absolute Gasteiger partial charge is 0.341 e. The lowest BCUT2D eigenvalue weighted by Crippen LogP contribution is -2.48. The molecule has 0 saturated carbocycles. The van der Waals surface area contributed by atoms with E-state index < -0.39 is 5.97 Å². The predicted octanol–water partition coefficient (Wildman–Crippen LogP) is 3.11. The van der Waals surface area contributed by atoms with Crippen molar-refractivity contribution in [3.8, 4) is 0 Å². The van der Waals surface area contributed by atoms with E-state index in [1.807, 2.05) is 38.1 Å². The molecule has 7 nitrogen and oxygen atoms in total. The lowest BCUT2D eigenvalue weighted by Gasteiger charge is -2.35. The Kier molecular flexibility index (Phi) is 6.89. The second kappa shape index (κ2) is 9.40. The largest absolute Gasteiger partial charge is 0.465 e. The zero-order chi connectivity index (χ0) is 21.8. The molecule has 1 amide bonds. The number of nitrogens with one attached hydrogen (secondary N) is 1. The predicted molar refractivity (Wildman–Crippen MR) is 119 cm³/mol. The van der Waals surface area contributed by atoms with Crippen LogP contribution in [0.15, 0.2) is 24.3 Å². The van der Waals surface area contributed by atoms with Crippen LogP contribution in [0.3, 0.4) is 0 Å². The summed E-state index contributed by atoms with van der Waals surface area (Å²) in [7, 11) is 1.34. The maximum atomic E-state index is 12.6. The molecule has 0 atom stereocenters. The lowest BCUT2D eigenvalue weighted by molar-refractivity contribution is -0.117. The number of carbonyl (C=O) groups excluding carboxylic acids is 3. The molecule has 0 bridgehead atoms. The standard InChI is InChI=1S/C22H27N3O4S/c1-14-16(3)30-21(20(14)22(28)29-4)23-19(27)13-24-9-11-25(12-10-24)18-7-5-17(6-8-18)15(2)26/h5-8H,9-13H2,1-4H3,(H,23,27). The number of thiophene rings is 1. The highest BCUT2D eigenvalue weighted by Gasteiger charge is 2.23. The number of piperazine rings is 1.